The molecule has 3 aromatic rings. The molecule has 0 radical (unpaired) electrons. The SMILES string of the molecule is CCCCCC(NCc1ccc(-c2c(CC)cccc2CC)nc1C)c1ccccc1. The molecule has 1 aromatic heterocycles. The number of hydrogen-bond donors (Lipinski definition) is 1. The van der Waals surface area contributed by atoms with Crippen LogP contribution in [0.25, 0.3) is 11.3 Å². The molecule has 2 nitrogen and oxygen atoms in total. The molecular formula is C29H38N2. The summed E-state index contributed by atoms with van der Waals surface area (Å²) >= 11 is 0. The van der Waals surface area contributed by atoms with Crippen molar-refractivity contribution in [3.63, 3.8) is 0 Å². The maximum Gasteiger partial charge on any atom is 0.0710 e. The number of nitrogens with zero attached hydrogens (tertiary/aromatic N) is 1. The number of pyridine rings is 1. The zero-order valence-corrected chi connectivity index (χ0v) is 19.7. The Balaban J connectivity index is 1.79. The first-order valence-corrected chi connectivity index (χ1v) is 12.0. The second kappa shape index (κ2) is 11.8. The fourth-order valence-electron chi connectivity index (χ4n) is 4.39. The molecule has 0 saturated carbocycles. The molecule has 0 fully saturated rings. The van der Waals surface area contributed by atoms with Gasteiger partial charge in [-0.1, -0.05) is 94.6 Å². The highest BCUT2D eigenvalue weighted by atomic mass is 14.9. The van der Waals surface area contributed by atoms with Crippen LogP contribution in [0.1, 0.15) is 80.4 Å². The van der Waals surface area contributed by atoms with Gasteiger partial charge in [0.25, 0.3) is 0 Å². The minimum Gasteiger partial charge on any atom is -0.306 e. The van der Waals surface area contributed by atoms with Gasteiger partial charge >= 0.3 is 0 Å². The highest BCUT2D eigenvalue weighted by Crippen LogP contribution is 2.29. The number of nitrogens with one attached hydrogen (secondary N) is 1. The summed E-state index contributed by atoms with van der Waals surface area (Å²) in [4.78, 5) is 5.05. The lowest BCUT2D eigenvalue weighted by atomic mass is 9.94. The van der Waals surface area contributed by atoms with Gasteiger partial charge < -0.3 is 5.32 Å². The Morgan fingerprint density at radius 2 is 1.48 bits per heavy atom. The topological polar surface area (TPSA) is 24.9 Å². The Bertz CT molecular complexity index is 924. The van der Waals surface area contributed by atoms with E-state index in [0.29, 0.717) is 6.04 Å². The lowest BCUT2D eigenvalue weighted by Gasteiger charge is -2.20. The first-order chi connectivity index (χ1) is 15.2. The quantitative estimate of drug-likeness (QED) is 0.327. The summed E-state index contributed by atoms with van der Waals surface area (Å²) < 4.78 is 0. The summed E-state index contributed by atoms with van der Waals surface area (Å²) in [5.41, 5.74) is 9.00. The summed E-state index contributed by atoms with van der Waals surface area (Å²) in [5, 5.41) is 3.82. The van der Waals surface area contributed by atoms with Crippen LogP contribution in [0.2, 0.25) is 0 Å². The maximum absolute atomic E-state index is 5.05. The standard InChI is InChI=1S/C29H38N2/c1-5-8-10-18-27(25-14-11-9-12-15-25)30-21-26-19-20-28(31-22(26)4)29-23(6-2)16-13-17-24(29)7-3/h9,11-17,19-20,27,30H,5-8,10,18,21H2,1-4H3. The monoisotopic (exact) mass is 414 g/mol. The molecule has 1 N–H and O–H groups in total. The van der Waals surface area contributed by atoms with E-state index in [1.165, 1.54) is 53.5 Å². The van der Waals surface area contributed by atoms with E-state index in [4.69, 9.17) is 4.98 Å². The van der Waals surface area contributed by atoms with Crippen molar-refractivity contribution in [3.05, 3.63) is 88.6 Å². The van der Waals surface area contributed by atoms with E-state index in [9.17, 15) is 0 Å². The van der Waals surface area contributed by atoms with Crippen LogP contribution in [-0.4, -0.2) is 4.98 Å². The number of aromatic nitrogens is 1. The molecule has 2 heteroatoms. The predicted octanol–water partition coefficient (Wildman–Crippen LogP) is 7.59. The van der Waals surface area contributed by atoms with E-state index < -0.39 is 0 Å². The van der Waals surface area contributed by atoms with Gasteiger partial charge in [0.05, 0.1) is 5.69 Å². The van der Waals surface area contributed by atoms with Crippen LogP contribution in [0.5, 0.6) is 0 Å². The molecule has 0 bridgehead atoms. The van der Waals surface area contributed by atoms with Crippen LogP contribution in [0, 0.1) is 6.92 Å². The number of aryl methyl sites for hydroxylation is 3. The van der Waals surface area contributed by atoms with Gasteiger partial charge in [-0.15, -0.1) is 0 Å². The van der Waals surface area contributed by atoms with Gasteiger partial charge in [-0.05, 0) is 54.5 Å². The molecule has 0 aliphatic carbocycles. The Hall–Kier alpha value is -2.45. The van der Waals surface area contributed by atoms with Gasteiger partial charge in [0.15, 0.2) is 0 Å². The lowest BCUT2D eigenvalue weighted by Crippen LogP contribution is -2.21. The molecule has 0 aliphatic heterocycles. The zero-order valence-electron chi connectivity index (χ0n) is 19.7. The number of unbranched alkanes of at least 4 members (excludes halogenated alkanes) is 2. The molecule has 0 spiro atoms. The highest BCUT2D eigenvalue weighted by Gasteiger charge is 2.14. The van der Waals surface area contributed by atoms with Crippen molar-refractivity contribution in [2.75, 3.05) is 0 Å². The first-order valence-electron chi connectivity index (χ1n) is 12.0. The molecule has 1 atom stereocenters. The van der Waals surface area contributed by atoms with Crippen molar-refractivity contribution >= 4 is 0 Å². The van der Waals surface area contributed by atoms with Gasteiger partial charge in [-0.25, -0.2) is 0 Å². The number of rotatable bonds is 11. The predicted molar refractivity (Wildman–Crippen MR) is 133 cm³/mol. The molecule has 3 rings (SSSR count). The summed E-state index contributed by atoms with van der Waals surface area (Å²) in [7, 11) is 0. The van der Waals surface area contributed by atoms with E-state index in [2.05, 4.69) is 93.7 Å². The fourth-order valence-corrected chi connectivity index (χ4v) is 4.39. The zero-order chi connectivity index (χ0) is 22.1. The third-order valence-electron chi connectivity index (χ3n) is 6.29. The van der Waals surface area contributed by atoms with Crippen molar-refractivity contribution < 1.29 is 0 Å². The van der Waals surface area contributed by atoms with E-state index in [1.54, 1.807) is 0 Å². The fraction of sp³-hybridized carbons (Fsp3) is 0.414. The van der Waals surface area contributed by atoms with E-state index in [-0.39, 0.29) is 0 Å². The largest absolute Gasteiger partial charge is 0.306 e. The summed E-state index contributed by atoms with van der Waals surface area (Å²) in [5.74, 6) is 0. The number of benzene rings is 2. The van der Waals surface area contributed by atoms with Gasteiger partial charge in [-0.2, -0.15) is 0 Å². The Morgan fingerprint density at radius 3 is 2.10 bits per heavy atom. The molecule has 0 amide bonds. The van der Waals surface area contributed by atoms with E-state index >= 15 is 0 Å². The first kappa shape index (κ1) is 23.2. The maximum atomic E-state index is 5.05. The van der Waals surface area contributed by atoms with Crippen LogP contribution in [0.4, 0.5) is 0 Å². The second-order valence-electron chi connectivity index (χ2n) is 8.44. The Morgan fingerprint density at radius 1 is 0.774 bits per heavy atom. The Labute approximate surface area is 189 Å². The third kappa shape index (κ3) is 6.04. The average molecular weight is 415 g/mol. The van der Waals surface area contributed by atoms with E-state index in [1.807, 2.05) is 0 Å². The molecule has 0 aliphatic rings. The summed E-state index contributed by atoms with van der Waals surface area (Å²) in [6.07, 6.45) is 7.04. The smallest absolute Gasteiger partial charge is 0.0710 e. The van der Waals surface area contributed by atoms with Crippen molar-refractivity contribution in [2.45, 2.75) is 78.8 Å². The number of hydrogen-bond acceptors (Lipinski definition) is 2. The third-order valence-corrected chi connectivity index (χ3v) is 6.29. The van der Waals surface area contributed by atoms with E-state index in [0.717, 1.165) is 30.8 Å². The van der Waals surface area contributed by atoms with Gasteiger partial charge in [-0.3, -0.25) is 4.98 Å². The molecule has 1 unspecified atom stereocenters. The summed E-state index contributed by atoms with van der Waals surface area (Å²) in [6.45, 7) is 9.72. The minimum atomic E-state index is 0.388. The van der Waals surface area contributed by atoms with Crippen LogP contribution in [-0.2, 0) is 19.4 Å². The molecule has 31 heavy (non-hydrogen) atoms. The van der Waals surface area contributed by atoms with Crippen molar-refractivity contribution in [3.8, 4) is 11.3 Å². The van der Waals surface area contributed by atoms with Gasteiger partial charge in [0.1, 0.15) is 0 Å². The Kier molecular flexibility index (Phi) is 8.85. The molecule has 0 saturated heterocycles. The normalized spacial score (nSPS) is 12.1. The highest BCUT2D eigenvalue weighted by molar-refractivity contribution is 5.68. The minimum absolute atomic E-state index is 0.388. The van der Waals surface area contributed by atoms with Crippen LogP contribution >= 0.6 is 0 Å². The van der Waals surface area contributed by atoms with Crippen LogP contribution in [0.3, 0.4) is 0 Å². The van der Waals surface area contributed by atoms with Crippen LogP contribution in [0.15, 0.2) is 60.7 Å². The second-order valence-corrected chi connectivity index (χ2v) is 8.44. The molecular weight excluding hydrogens is 376 g/mol. The molecule has 2 aromatic carbocycles. The molecule has 1 heterocycles. The molecule has 164 valence electrons. The summed E-state index contributed by atoms with van der Waals surface area (Å²) in [6, 6.07) is 22.4. The average Bonchev–Trinajstić information content (AvgIpc) is 2.82. The lowest BCUT2D eigenvalue weighted by molar-refractivity contribution is 0.472. The van der Waals surface area contributed by atoms with Crippen molar-refractivity contribution in [1.82, 2.24) is 10.3 Å². The van der Waals surface area contributed by atoms with Crippen molar-refractivity contribution in [1.29, 1.82) is 0 Å². The van der Waals surface area contributed by atoms with Gasteiger partial charge in [0, 0.05) is 23.8 Å². The van der Waals surface area contributed by atoms with Gasteiger partial charge in [0.2, 0.25) is 0 Å². The van der Waals surface area contributed by atoms with Crippen LogP contribution < -0.4 is 5.32 Å². The van der Waals surface area contributed by atoms with Crippen molar-refractivity contribution in [2.24, 2.45) is 0 Å².